The number of carbonyl (C=O) groups is 2. The predicted octanol–water partition coefficient (Wildman–Crippen LogP) is 2.16. The fraction of sp³-hybridized carbons (Fsp3) is 0.429. The Morgan fingerprint density at radius 1 is 1.20 bits per heavy atom. The van der Waals surface area contributed by atoms with Gasteiger partial charge in [-0.05, 0) is 24.6 Å². The molecule has 0 saturated carbocycles. The van der Waals surface area contributed by atoms with Gasteiger partial charge in [0.05, 0.1) is 7.11 Å². The molecule has 1 aromatic rings. The lowest BCUT2D eigenvalue weighted by atomic mass is 10.1. The van der Waals surface area contributed by atoms with Crippen LogP contribution < -0.4 is 0 Å². The Morgan fingerprint density at radius 2 is 1.75 bits per heavy atom. The van der Waals surface area contributed by atoms with Crippen LogP contribution in [0.5, 0.6) is 0 Å². The Labute approximate surface area is 127 Å². The van der Waals surface area contributed by atoms with Gasteiger partial charge in [0.25, 0.3) is 5.91 Å². The smallest absolute Gasteiger partial charge is 0.333 e. The van der Waals surface area contributed by atoms with E-state index in [4.69, 9.17) is 9.47 Å². The van der Waals surface area contributed by atoms with Crippen LogP contribution in [0.4, 0.5) is 0 Å². The molecule has 0 aliphatic rings. The Bertz CT molecular complexity index is 475. The Kier molecular flexibility index (Phi) is 6.16. The second-order valence-corrected chi connectivity index (χ2v) is 5.22. The summed E-state index contributed by atoms with van der Waals surface area (Å²) in [4.78, 5) is 25.5. The molecule has 0 N–H and O–H groups in total. The van der Waals surface area contributed by atoms with Gasteiger partial charge in [-0.3, -0.25) is 4.79 Å². The standard InChI is InChI=1S/C14H18BrNO4/c1-9(19-3)13(17)16(2)12(14(18)20-4)10-5-7-11(15)8-6-10/h5-9,12H,1-4H3/t9-,12-/m0/s1. The fourth-order valence-corrected chi connectivity index (χ4v) is 2.05. The van der Waals surface area contributed by atoms with Gasteiger partial charge in [-0.15, -0.1) is 0 Å². The highest BCUT2D eigenvalue weighted by atomic mass is 79.9. The minimum Gasteiger partial charge on any atom is -0.467 e. The van der Waals surface area contributed by atoms with Gasteiger partial charge in [0, 0.05) is 18.6 Å². The van der Waals surface area contributed by atoms with E-state index in [9.17, 15) is 9.59 Å². The van der Waals surface area contributed by atoms with Crippen LogP contribution in [0, 0.1) is 0 Å². The molecule has 0 spiro atoms. The molecule has 5 nitrogen and oxygen atoms in total. The average molecular weight is 344 g/mol. The number of benzene rings is 1. The van der Waals surface area contributed by atoms with Gasteiger partial charge in [0.15, 0.2) is 6.04 Å². The van der Waals surface area contributed by atoms with E-state index in [1.165, 1.54) is 19.1 Å². The molecule has 1 aromatic carbocycles. The van der Waals surface area contributed by atoms with Crippen LogP contribution in [0.15, 0.2) is 28.7 Å². The molecule has 0 saturated heterocycles. The van der Waals surface area contributed by atoms with Crippen molar-refractivity contribution >= 4 is 27.8 Å². The van der Waals surface area contributed by atoms with E-state index >= 15 is 0 Å². The predicted molar refractivity (Wildman–Crippen MR) is 78.1 cm³/mol. The number of esters is 1. The molecule has 0 unspecified atom stereocenters. The van der Waals surface area contributed by atoms with Gasteiger partial charge < -0.3 is 14.4 Å². The molecule has 0 radical (unpaired) electrons. The van der Waals surface area contributed by atoms with E-state index < -0.39 is 18.1 Å². The lowest BCUT2D eigenvalue weighted by Crippen LogP contribution is -2.41. The number of halogens is 1. The highest BCUT2D eigenvalue weighted by Gasteiger charge is 2.31. The van der Waals surface area contributed by atoms with Gasteiger partial charge in [0.2, 0.25) is 0 Å². The first-order valence-electron chi connectivity index (χ1n) is 6.05. The molecule has 0 aliphatic heterocycles. The van der Waals surface area contributed by atoms with Crippen molar-refractivity contribution in [3.05, 3.63) is 34.3 Å². The number of amides is 1. The number of hydrogen-bond donors (Lipinski definition) is 0. The first kappa shape index (κ1) is 16.7. The summed E-state index contributed by atoms with van der Waals surface area (Å²) in [5.41, 5.74) is 0.680. The molecule has 0 aromatic heterocycles. The summed E-state index contributed by atoms with van der Waals surface area (Å²) >= 11 is 3.33. The number of nitrogens with zero attached hydrogens (tertiary/aromatic N) is 1. The highest BCUT2D eigenvalue weighted by molar-refractivity contribution is 9.10. The van der Waals surface area contributed by atoms with E-state index in [0.29, 0.717) is 5.56 Å². The fourth-order valence-electron chi connectivity index (χ4n) is 1.79. The maximum atomic E-state index is 12.2. The molecule has 2 atom stereocenters. The third kappa shape index (κ3) is 3.80. The summed E-state index contributed by atoms with van der Waals surface area (Å²) < 4.78 is 10.7. The van der Waals surface area contributed by atoms with E-state index in [1.807, 2.05) is 12.1 Å². The second-order valence-electron chi connectivity index (χ2n) is 4.30. The summed E-state index contributed by atoms with van der Waals surface area (Å²) in [6.45, 7) is 1.63. The molecule has 0 aliphatic carbocycles. The number of carbonyl (C=O) groups excluding carboxylic acids is 2. The molecule has 6 heteroatoms. The molecule has 20 heavy (non-hydrogen) atoms. The lowest BCUT2D eigenvalue weighted by molar-refractivity contribution is -0.155. The average Bonchev–Trinajstić information content (AvgIpc) is 2.47. The van der Waals surface area contributed by atoms with Crippen molar-refractivity contribution in [1.82, 2.24) is 4.90 Å². The van der Waals surface area contributed by atoms with Gasteiger partial charge in [-0.1, -0.05) is 28.1 Å². The van der Waals surface area contributed by atoms with E-state index in [2.05, 4.69) is 15.9 Å². The molecular formula is C14H18BrNO4. The van der Waals surface area contributed by atoms with Crippen LogP contribution in [0.1, 0.15) is 18.5 Å². The van der Waals surface area contributed by atoms with Crippen molar-refractivity contribution in [3.63, 3.8) is 0 Å². The Hall–Kier alpha value is -1.40. The van der Waals surface area contributed by atoms with Crippen molar-refractivity contribution in [2.24, 2.45) is 0 Å². The lowest BCUT2D eigenvalue weighted by Gasteiger charge is -2.28. The minimum atomic E-state index is -0.793. The van der Waals surface area contributed by atoms with E-state index in [0.717, 1.165) is 4.47 Å². The number of likely N-dealkylation sites (N-methyl/N-ethyl adjacent to an activating group) is 1. The van der Waals surface area contributed by atoms with Crippen LogP contribution in [-0.2, 0) is 19.1 Å². The zero-order valence-electron chi connectivity index (χ0n) is 11.9. The molecular weight excluding hydrogens is 326 g/mol. The molecule has 1 rings (SSSR count). The molecule has 0 fully saturated rings. The molecule has 110 valence electrons. The quantitative estimate of drug-likeness (QED) is 0.768. The van der Waals surface area contributed by atoms with Crippen LogP contribution in [-0.4, -0.2) is 44.1 Å². The highest BCUT2D eigenvalue weighted by Crippen LogP contribution is 2.23. The normalized spacial score (nSPS) is 13.4. The van der Waals surface area contributed by atoms with Crippen molar-refractivity contribution in [3.8, 4) is 0 Å². The van der Waals surface area contributed by atoms with Gasteiger partial charge in [-0.2, -0.15) is 0 Å². The summed E-state index contributed by atoms with van der Waals surface area (Å²) in [5, 5.41) is 0. The van der Waals surface area contributed by atoms with Crippen molar-refractivity contribution in [2.45, 2.75) is 19.1 Å². The first-order chi connectivity index (χ1) is 9.42. The number of methoxy groups -OCH3 is 2. The van der Waals surface area contributed by atoms with Gasteiger partial charge in [0.1, 0.15) is 6.10 Å². The maximum absolute atomic E-state index is 12.2. The van der Waals surface area contributed by atoms with E-state index in [-0.39, 0.29) is 5.91 Å². The third-order valence-electron chi connectivity index (χ3n) is 3.05. The zero-order chi connectivity index (χ0) is 15.3. The summed E-state index contributed by atoms with van der Waals surface area (Å²) in [6.07, 6.45) is -0.623. The zero-order valence-corrected chi connectivity index (χ0v) is 13.5. The van der Waals surface area contributed by atoms with Crippen LogP contribution in [0.25, 0.3) is 0 Å². The summed E-state index contributed by atoms with van der Waals surface area (Å²) in [5.74, 6) is -0.780. The SMILES string of the molecule is COC(=O)[C@H](c1ccc(Br)cc1)N(C)C(=O)[C@H](C)OC. The van der Waals surface area contributed by atoms with Crippen LogP contribution >= 0.6 is 15.9 Å². The monoisotopic (exact) mass is 343 g/mol. The Morgan fingerprint density at radius 3 is 2.20 bits per heavy atom. The van der Waals surface area contributed by atoms with Crippen LogP contribution in [0.2, 0.25) is 0 Å². The first-order valence-corrected chi connectivity index (χ1v) is 6.84. The van der Waals surface area contributed by atoms with Crippen molar-refractivity contribution in [2.75, 3.05) is 21.3 Å². The van der Waals surface area contributed by atoms with Crippen molar-refractivity contribution < 1.29 is 19.1 Å². The van der Waals surface area contributed by atoms with Gasteiger partial charge in [-0.25, -0.2) is 4.79 Å². The maximum Gasteiger partial charge on any atom is 0.333 e. The van der Waals surface area contributed by atoms with E-state index in [1.54, 1.807) is 26.1 Å². The largest absolute Gasteiger partial charge is 0.467 e. The summed E-state index contributed by atoms with van der Waals surface area (Å²) in [6, 6.07) is 6.37. The summed E-state index contributed by atoms with van der Waals surface area (Å²) in [7, 11) is 4.30. The Balaban J connectivity index is 3.09. The minimum absolute atomic E-state index is 0.286. The molecule has 0 heterocycles. The van der Waals surface area contributed by atoms with Crippen molar-refractivity contribution in [1.29, 1.82) is 0 Å². The topological polar surface area (TPSA) is 55.8 Å². The van der Waals surface area contributed by atoms with Crippen LogP contribution in [0.3, 0.4) is 0 Å². The number of ether oxygens (including phenoxy) is 2. The van der Waals surface area contributed by atoms with Gasteiger partial charge >= 0.3 is 5.97 Å². The molecule has 1 amide bonds. The number of rotatable bonds is 5. The molecule has 0 bridgehead atoms. The third-order valence-corrected chi connectivity index (χ3v) is 3.58. The number of hydrogen-bond acceptors (Lipinski definition) is 4. The second kappa shape index (κ2) is 7.40.